The Labute approximate surface area is 104 Å². The van der Waals surface area contributed by atoms with Crippen molar-refractivity contribution in [3.05, 3.63) is 0 Å². The second-order valence-electron chi connectivity index (χ2n) is 7.29. The average Bonchev–Trinajstić information content (AvgIpc) is 2.58. The molecular weight excluding hydrogens is 208 g/mol. The molecule has 0 aromatic carbocycles. The van der Waals surface area contributed by atoms with Crippen molar-refractivity contribution in [1.29, 1.82) is 0 Å². The zero-order chi connectivity index (χ0) is 11.6. The lowest BCUT2D eigenvalue weighted by Gasteiger charge is -2.59. The van der Waals surface area contributed by atoms with Crippen LogP contribution in [0.15, 0.2) is 4.99 Å². The average molecular weight is 232 g/mol. The van der Waals surface area contributed by atoms with Crippen LogP contribution >= 0.6 is 0 Å². The van der Waals surface area contributed by atoms with E-state index in [0.29, 0.717) is 5.41 Å². The number of aliphatic imine (C=N–C) groups is 1. The van der Waals surface area contributed by atoms with E-state index in [-0.39, 0.29) is 0 Å². The number of hydrogen-bond acceptors (Lipinski definition) is 2. The molecule has 0 spiro atoms. The highest BCUT2D eigenvalue weighted by atomic mass is 15.3. The maximum absolute atomic E-state index is 4.70. The van der Waals surface area contributed by atoms with Crippen LogP contribution in [0.1, 0.15) is 45.4 Å². The molecule has 0 amide bonds. The normalized spacial score (nSPS) is 52.1. The van der Waals surface area contributed by atoms with Gasteiger partial charge in [-0.25, -0.2) is 0 Å². The van der Waals surface area contributed by atoms with Gasteiger partial charge in [-0.05, 0) is 68.6 Å². The molecule has 1 unspecified atom stereocenters. The van der Waals surface area contributed by atoms with Gasteiger partial charge in [-0.15, -0.1) is 0 Å². The zero-order valence-electron chi connectivity index (χ0n) is 11.2. The van der Waals surface area contributed by atoms with E-state index >= 15 is 0 Å². The molecule has 5 aliphatic rings. The molecule has 1 atom stereocenters. The summed E-state index contributed by atoms with van der Waals surface area (Å²) in [5.74, 6) is 4.47. The molecule has 0 saturated heterocycles. The Kier molecular flexibility index (Phi) is 2.00. The van der Waals surface area contributed by atoms with Gasteiger partial charge in [0.05, 0.1) is 18.4 Å². The summed E-state index contributed by atoms with van der Waals surface area (Å²) in [4.78, 5) is 7.19. The Bertz CT molecular complexity index is 336. The summed E-state index contributed by atoms with van der Waals surface area (Å²) < 4.78 is 0. The quantitative estimate of drug-likeness (QED) is 0.678. The molecular formula is C15H24N2. The van der Waals surface area contributed by atoms with E-state index in [1.54, 1.807) is 19.3 Å². The van der Waals surface area contributed by atoms with Crippen molar-refractivity contribution in [3.63, 3.8) is 0 Å². The molecule has 1 aliphatic heterocycles. The molecule has 4 aliphatic carbocycles. The number of likely N-dealkylation sites (N-methyl/N-ethyl adjacent to an activating group) is 1. The summed E-state index contributed by atoms with van der Waals surface area (Å²) in [5.41, 5.74) is 0.644. The highest BCUT2D eigenvalue weighted by Crippen LogP contribution is 2.62. The molecule has 4 fully saturated rings. The summed E-state index contributed by atoms with van der Waals surface area (Å²) in [6.07, 6.45) is 9.19. The fourth-order valence-corrected chi connectivity index (χ4v) is 5.87. The number of amidine groups is 1. The summed E-state index contributed by atoms with van der Waals surface area (Å²) in [5, 5.41) is 0. The van der Waals surface area contributed by atoms with E-state index in [1.165, 1.54) is 25.1 Å². The van der Waals surface area contributed by atoms with Crippen LogP contribution in [0, 0.1) is 23.2 Å². The molecule has 2 nitrogen and oxygen atoms in total. The van der Waals surface area contributed by atoms with Crippen molar-refractivity contribution in [2.75, 3.05) is 13.6 Å². The molecule has 2 heteroatoms. The molecule has 0 radical (unpaired) electrons. The lowest BCUT2D eigenvalue weighted by Crippen LogP contribution is -2.56. The minimum atomic E-state index is 0.644. The first-order chi connectivity index (χ1) is 8.16. The predicted molar refractivity (Wildman–Crippen MR) is 70.1 cm³/mol. The molecule has 0 aromatic heterocycles. The van der Waals surface area contributed by atoms with Crippen LogP contribution in [0.25, 0.3) is 0 Å². The van der Waals surface area contributed by atoms with Crippen LogP contribution in [0.2, 0.25) is 0 Å². The fraction of sp³-hybridized carbons (Fsp3) is 0.933. The third-order valence-corrected chi connectivity index (χ3v) is 6.26. The second kappa shape index (κ2) is 3.27. The Balaban J connectivity index is 1.65. The molecule has 5 rings (SSSR count). The number of nitrogens with zero attached hydrogens (tertiary/aromatic N) is 2. The van der Waals surface area contributed by atoms with Crippen LogP contribution in [0.3, 0.4) is 0 Å². The first kappa shape index (κ1) is 10.4. The van der Waals surface area contributed by atoms with Gasteiger partial charge in [0.15, 0.2) is 0 Å². The molecule has 94 valence electrons. The molecule has 1 heterocycles. The van der Waals surface area contributed by atoms with Gasteiger partial charge in [-0.2, -0.15) is 0 Å². The topological polar surface area (TPSA) is 15.6 Å². The van der Waals surface area contributed by atoms with Crippen molar-refractivity contribution >= 4 is 5.84 Å². The van der Waals surface area contributed by atoms with E-state index in [9.17, 15) is 0 Å². The summed E-state index contributed by atoms with van der Waals surface area (Å²) in [6.45, 7) is 3.26. The standard InChI is InChI=1S/C15H24N2/c1-10-16-9-14(17(10)2)15-6-11-3-12(7-15)5-13(4-11)8-15/h11-14H,3-9H2,1-2H3. The minimum absolute atomic E-state index is 0.644. The maximum Gasteiger partial charge on any atom is 0.0959 e. The minimum Gasteiger partial charge on any atom is -0.358 e. The van der Waals surface area contributed by atoms with Gasteiger partial charge in [0.25, 0.3) is 0 Å². The molecule has 17 heavy (non-hydrogen) atoms. The highest BCUT2D eigenvalue weighted by Gasteiger charge is 2.55. The van der Waals surface area contributed by atoms with Gasteiger partial charge in [0.1, 0.15) is 0 Å². The van der Waals surface area contributed by atoms with Crippen LogP contribution < -0.4 is 0 Å². The van der Waals surface area contributed by atoms with Crippen molar-refractivity contribution in [1.82, 2.24) is 4.90 Å². The van der Waals surface area contributed by atoms with Gasteiger partial charge in [-0.3, -0.25) is 4.99 Å². The van der Waals surface area contributed by atoms with Gasteiger partial charge in [0, 0.05) is 7.05 Å². The molecule has 4 saturated carbocycles. The van der Waals surface area contributed by atoms with Gasteiger partial charge in [0.2, 0.25) is 0 Å². The zero-order valence-corrected chi connectivity index (χ0v) is 11.2. The number of hydrogen-bond donors (Lipinski definition) is 0. The highest BCUT2D eigenvalue weighted by molar-refractivity contribution is 5.81. The van der Waals surface area contributed by atoms with Crippen molar-refractivity contribution in [3.8, 4) is 0 Å². The Morgan fingerprint density at radius 3 is 2.00 bits per heavy atom. The lowest BCUT2D eigenvalue weighted by molar-refractivity contribution is -0.0822. The van der Waals surface area contributed by atoms with Crippen LogP contribution in [-0.2, 0) is 0 Å². The molecule has 4 bridgehead atoms. The number of rotatable bonds is 1. The van der Waals surface area contributed by atoms with E-state index < -0.39 is 0 Å². The van der Waals surface area contributed by atoms with Crippen molar-refractivity contribution < 1.29 is 0 Å². The van der Waals surface area contributed by atoms with E-state index in [2.05, 4.69) is 18.9 Å². The monoisotopic (exact) mass is 232 g/mol. The van der Waals surface area contributed by atoms with Gasteiger partial charge < -0.3 is 4.90 Å². The molecule has 0 N–H and O–H groups in total. The Morgan fingerprint density at radius 2 is 1.59 bits per heavy atom. The molecule has 0 aromatic rings. The first-order valence-corrected chi connectivity index (χ1v) is 7.40. The third-order valence-electron chi connectivity index (χ3n) is 6.26. The van der Waals surface area contributed by atoms with Crippen LogP contribution in [-0.4, -0.2) is 30.4 Å². The first-order valence-electron chi connectivity index (χ1n) is 7.40. The Morgan fingerprint density at radius 1 is 1.06 bits per heavy atom. The van der Waals surface area contributed by atoms with Crippen LogP contribution in [0.4, 0.5) is 0 Å². The van der Waals surface area contributed by atoms with Crippen molar-refractivity contribution in [2.24, 2.45) is 28.2 Å². The van der Waals surface area contributed by atoms with Crippen molar-refractivity contribution in [2.45, 2.75) is 51.5 Å². The predicted octanol–water partition coefficient (Wildman–Crippen LogP) is 2.94. The summed E-state index contributed by atoms with van der Waals surface area (Å²) >= 11 is 0. The summed E-state index contributed by atoms with van der Waals surface area (Å²) in [6, 6.07) is 0.732. The van der Waals surface area contributed by atoms with E-state index in [4.69, 9.17) is 4.99 Å². The maximum atomic E-state index is 4.70. The van der Waals surface area contributed by atoms with E-state index in [0.717, 1.165) is 30.3 Å². The SMILES string of the molecule is CC1=NCC(C23CC4CC(CC(C4)C2)C3)N1C. The van der Waals surface area contributed by atoms with Gasteiger partial charge >= 0.3 is 0 Å². The summed E-state index contributed by atoms with van der Waals surface area (Å²) in [7, 11) is 2.27. The lowest BCUT2D eigenvalue weighted by atomic mass is 9.47. The second-order valence-corrected chi connectivity index (χ2v) is 7.29. The van der Waals surface area contributed by atoms with Gasteiger partial charge in [-0.1, -0.05) is 0 Å². The van der Waals surface area contributed by atoms with Crippen LogP contribution in [0.5, 0.6) is 0 Å². The Hall–Kier alpha value is -0.530. The fourth-order valence-electron chi connectivity index (χ4n) is 5.87. The van der Waals surface area contributed by atoms with E-state index in [1.807, 2.05) is 0 Å². The third kappa shape index (κ3) is 1.36. The smallest absolute Gasteiger partial charge is 0.0959 e. The largest absolute Gasteiger partial charge is 0.358 e.